The number of para-hydroxylation sites is 1. The minimum atomic E-state index is -0.914. The van der Waals surface area contributed by atoms with Gasteiger partial charge in [-0.25, -0.2) is 4.39 Å². The van der Waals surface area contributed by atoms with E-state index in [9.17, 15) is 18.8 Å². The van der Waals surface area contributed by atoms with Crippen molar-refractivity contribution in [2.24, 2.45) is 0 Å². The van der Waals surface area contributed by atoms with Crippen LogP contribution < -0.4 is 4.90 Å². The zero-order chi connectivity index (χ0) is 13.3. The van der Waals surface area contributed by atoms with Crippen LogP contribution in [0, 0.1) is 5.82 Å². The minimum absolute atomic E-state index is 0.0238. The van der Waals surface area contributed by atoms with Crippen LogP contribution >= 0.6 is 0 Å². The molecule has 0 spiro atoms. The van der Waals surface area contributed by atoms with Crippen LogP contribution in [0.25, 0.3) is 0 Å². The van der Waals surface area contributed by atoms with Gasteiger partial charge in [-0.1, -0.05) is 6.07 Å². The first-order valence-electron chi connectivity index (χ1n) is 5.36. The minimum Gasteiger partial charge on any atom is -0.465 e. The Bertz CT molecular complexity index is 541. The Morgan fingerprint density at radius 1 is 1.39 bits per heavy atom. The number of rotatable bonds is 3. The molecule has 0 aromatic heterocycles. The van der Waals surface area contributed by atoms with Crippen LogP contribution in [-0.4, -0.2) is 30.8 Å². The van der Waals surface area contributed by atoms with Crippen molar-refractivity contribution in [1.82, 2.24) is 0 Å². The maximum Gasteiger partial charge on any atom is 0.326 e. The number of Topliss-reactive ketones (excluding diaryl/α,β-unsaturated/α-hetero) is 1. The van der Waals surface area contributed by atoms with E-state index in [1.807, 2.05) is 0 Å². The molecule has 1 aliphatic rings. The molecule has 5 nitrogen and oxygen atoms in total. The molecule has 0 aliphatic carbocycles. The van der Waals surface area contributed by atoms with Crippen molar-refractivity contribution in [2.45, 2.75) is 6.92 Å². The van der Waals surface area contributed by atoms with Gasteiger partial charge in [-0.3, -0.25) is 19.3 Å². The second kappa shape index (κ2) is 4.56. The van der Waals surface area contributed by atoms with E-state index in [0.29, 0.717) is 0 Å². The Morgan fingerprint density at radius 2 is 2.11 bits per heavy atom. The van der Waals surface area contributed by atoms with Crippen molar-refractivity contribution in [3.63, 3.8) is 0 Å². The molecule has 0 unspecified atom stereocenters. The Morgan fingerprint density at radius 3 is 2.78 bits per heavy atom. The number of carbonyl (C=O) groups is 3. The number of ether oxygens (including phenoxy) is 1. The zero-order valence-corrected chi connectivity index (χ0v) is 9.60. The Balaban J connectivity index is 2.36. The third kappa shape index (κ3) is 1.85. The number of hydrogen-bond acceptors (Lipinski definition) is 4. The number of amides is 1. The molecule has 1 amide bonds. The fourth-order valence-electron chi connectivity index (χ4n) is 1.80. The number of carbonyl (C=O) groups excluding carboxylic acids is 3. The van der Waals surface area contributed by atoms with E-state index in [0.717, 1.165) is 11.0 Å². The van der Waals surface area contributed by atoms with Crippen molar-refractivity contribution in [2.75, 3.05) is 18.1 Å². The van der Waals surface area contributed by atoms with Crippen LogP contribution in [0.5, 0.6) is 0 Å². The first-order valence-corrected chi connectivity index (χ1v) is 5.36. The molecule has 0 saturated heterocycles. The summed E-state index contributed by atoms with van der Waals surface area (Å²) >= 11 is 0. The highest BCUT2D eigenvalue weighted by Crippen LogP contribution is 2.31. The average Bonchev–Trinajstić information content (AvgIpc) is 2.56. The van der Waals surface area contributed by atoms with Gasteiger partial charge in [0.05, 0.1) is 17.9 Å². The summed E-state index contributed by atoms with van der Waals surface area (Å²) in [5.74, 6) is -3.12. The molecule has 0 atom stereocenters. The van der Waals surface area contributed by atoms with Crippen molar-refractivity contribution < 1.29 is 23.5 Å². The normalized spacial score (nSPS) is 13.8. The molecule has 0 N–H and O–H groups in total. The van der Waals surface area contributed by atoms with Crippen molar-refractivity contribution in [1.29, 1.82) is 0 Å². The summed E-state index contributed by atoms with van der Waals surface area (Å²) in [5, 5.41) is 0. The van der Waals surface area contributed by atoms with Gasteiger partial charge >= 0.3 is 5.97 Å². The van der Waals surface area contributed by atoms with Crippen LogP contribution in [0.3, 0.4) is 0 Å². The lowest BCUT2D eigenvalue weighted by molar-refractivity contribution is -0.142. The summed E-state index contributed by atoms with van der Waals surface area (Å²) in [7, 11) is 0. The van der Waals surface area contributed by atoms with Gasteiger partial charge in [-0.05, 0) is 19.1 Å². The van der Waals surface area contributed by atoms with E-state index in [-0.39, 0.29) is 17.9 Å². The van der Waals surface area contributed by atoms with E-state index >= 15 is 0 Å². The number of fused-ring (bicyclic) bond motifs is 1. The van der Waals surface area contributed by atoms with Gasteiger partial charge in [-0.2, -0.15) is 0 Å². The smallest absolute Gasteiger partial charge is 0.326 e. The lowest BCUT2D eigenvalue weighted by atomic mass is 10.1. The molecule has 0 bridgehead atoms. The van der Waals surface area contributed by atoms with Crippen molar-refractivity contribution >= 4 is 23.3 Å². The van der Waals surface area contributed by atoms with E-state index in [1.165, 1.54) is 12.1 Å². The maximum atomic E-state index is 13.6. The lowest BCUT2D eigenvalue weighted by Crippen LogP contribution is -2.35. The summed E-state index contributed by atoms with van der Waals surface area (Å²) < 4.78 is 18.3. The van der Waals surface area contributed by atoms with Crippen LogP contribution in [0.15, 0.2) is 18.2 Å². The highest BCUT2D eigenvalue weighted by Gasteiger charge is 2.39. The van der Waals surface area contributed by atoms with Crippen LogP contribution in [-0.2, 0) is 14.3 Å². The van der Waals surface area contributed by atoms with Gasteiger partial charge in [0, 0.05) is 0 Å². The predicted octanol–water partition coefficient (Wildman–Crippen LogP) is 0.918. The average molecular weight is 251 g/mol. The fourth-order valence-corrected chi connectivity index (χ4v) is 1.80. The van der Waals surface area contributed by atoms with Gasteiger partial charge in [0.1, 0.15) is 12.4 Å². The highest BCUT2D eigenvalue weighted by atomic mass is 19.1. The van der Waals surface area contributed by atoms with E-state index in [4.69, 9.17) is 0 Å². The molecule has 1 aliphatic heterocycles. The van der Waals surface area contributed by atoms with E-state index < -0.39 is 30.0 Å². The van der Waals surface area contributed by atoms with Crippen molar-refractivity contribution in [3.8, 4) is 0 Å². The molecule has 0 radical (unpaired) electrons. The third-order valence-corrected chi connectivity index (χ3v) is 2.53. The molecular weight excluding hydrogens is 241 g/mol. The first kappa shape index (κ1) is 12.2. The molecule has 6 heteroatoms. The first-order chi connectivity index (χ1) is 8.56. The largest absolute Gasteiger partial charge is 0.465 e. The Labute approximate surface area is 102 Å². The SMILES string of the molecule is CCOC(=O)CN1C(=O)C(=O)c2cccc(F)c21. The van der Waals surface area contributed by atoms with Gasteiger partial charge in [-0.15, -0.1) is 0 Å². The molecule has 1 heterocycles. The Hall–Kier alpha value is -2.24. The summed E-state index contributed by atoms with van der Waals surface area (Å²) in [6.07, 6.45) is 0. The molecular formula is C12H10FNO4. The van der Waals surface area contributed by atoms with Gasteiger partial charge in [0.2, 0.25) is 0 Å². The third-order valence-electron chi connectivity index (χ3n) is 2.53. The molecule has 2 rings (SSSR count). The zero-order valence-electron chi connectivity index (χ0n) is 9.60. The number of benzene rings is 1. The second-order valence-electron chi connectivity index (χ2n) is 3.66. The predicted molar refractivity (Wildman–Crippen MR) is 59.7 cm³/mol. The topological polar surface area (TPSA) is 63.7 Å². The van der Waals surface area contributed by atoms with E-state index in [1.54, 1.807) is 6.92 Å². The quantitative estimate of drug-likeness (QED) is 0.592. The molecule has 1 aromatic carbocycles. The summed E-state index contributed by atoms with van der Waals surface area (Å²) in [6.45, 7) is 1.30. The van der Waals surface area contributed by atoms with E-state index in [2.05, 4.69) is 4.74 Å². The second-order valence-corrected chi connectivity index (χ2v) is 3.66. The molecule has 1 aromatic rings. The lowest BCUT2D eigenvalue weighted by Gasteiger charge is -2.15. The molecule has 0 fully saturated rings. The fraction of sp³-hybridized carbons (Fsp3) is 0.250. The highest BCUT2D eigenvalue weighted by molar-refractivity contribution is 6.52. The number of hydrogen-bond donors (Lipinski definition) is 0. The number of halogens is 1. The van der Waals surface area contributed by atoms with Gasteiger partial charge in [0.15, 0.2) is 0 Å². The molecule has 0 saturated carbocycles. The Kier molecular flexibility index (Phi) is 3.10. The maximum absolute atomic E-state index is 13.6. The van der Waals surface area contributed by atoms with Gasteiger partial charge < -0.3 is 4.74 Å². The molecule has 18 heavy (non-hydrogen) atoms. The number of nitrogens with zero attached hydrogens (tertiary/aromatic N) is 1. The van der Waals surface area contributed by atoms with Crippen LogP contribution in [0.1, 0.15) is 17.3 Å². The summed E-state index contributed by atoms with van der Waals surface area (Å²) in [5.41, 5.74) is -0.176. The molecule has 94 valence electrons. The summed E-state index contributed by atoms with van der Waals surface area (Å²) in [6, 6.07) is 3.82. The standard InChI is InChI=1S/C12H10FNO4/c1-2-18-9(15)6-14-10-7(11(16)12(14)17)4-3-5-8(10)13/h3-5H,2,6H2,1H3. The number of ketones is 1. The van der Waals surface area contributed by atoms with Gasteiger partial charge in [0.25, 0.3) is 11.7 Å². The van der Waals surface area contributed by atoms with Crippen LogP contribution in [0.2, 0.25) is 0 Å². The van der Waals surface area contributed by atoms with Crippen molar-refractivity contribution in [3.05, 3.63) is 29.6 Å². The van der Waals surface area contributed by atoms with Crippen LogP contribution in [0.4, 0.5) is 10.1 Å². The summed E-state index contributed by atoms with van der Waals surface area (Å²) in [4.78, 5) is 35.4. The number of esters is 1. The monoisotopic (exact) mass is 251 g/mol. The number of anilines is 1.